The van der Waals surface area contributed by atoms with Crippen molar-refractivity contribution in [2.75, 3.05) is 13.1 Å². The van der Waals surface area contributed by atoms with Gasteiger partial charge >= 0.3 is 0 Å². The lowest BCUT2D eigenvalue weighted by Crippen LogP contribution is -2.24. The Bertz CT molecular complexity index is 388. The first-order valence-corrected chi connectivity index (χ1v) is 5.63. The van der Waals surface area contributed by atoms with Crippen molar-refractivity contribution >= 4 is 0 Å². The van der Waals surface area contributed by atoms with Gasteiger partial charge in [0.15, 0.2) is 0 Å². The molecule has 0 unspecified atom stereocenters. The van der Waals surface area contributed by atoms with E-state index < -0.39 is 5.92 Å². The van der Waals surface area contributed by atoms with Crippen molar-refractivity contribution in [2.24, 2.45) is 0 Å². The summed E-state index contributed by atoms with van der Waals surface area (Å²) in [6.07, 6.45) is -0.00214. The second-order valence-corrected chi connectivity index (χ2v) is 4.74. The zero-order chi connectivity index (χ0) is 11.8. The van der Waals surface area contributed by atoms with Gasteiger partial charge in [0.05, 0.1) is 6.54 Å². The molecule has 2 rings (SSSR count). The van der Waals surface area contributed by atoms with Gasteiger partial charge in [0.25, 0.3) is 5.92 Å². The Kier molecular flexibility index (Phi) is 2.98. The molecule has 3 heteroatoms. The summed E-state index contributed by atoms with van der Waals surface area (Å²) in [5.74, 6) is -2.49. The summed E-state index contributed by atoms with van der Waals surface area (Å²) in [6.45, 7) is 5.15. The molecule has 1 fully saturated rings. The minimum Gasteiger partial charge on any atom is -0.293 e. The van der Waals surface area contributed by atoms with Crippen molar-refractivity contribution < 1.29 is 8.78 Å². The van der Waals surface area contributed by atoms with E-state index in [1.165, 1.54) is 11.1 Å². The Balaban J connectivity index is 2.02. The van der Waals surface area contributed by atoms with Crippen LogP contribution >= 0.6 is 0 Å². The van der Waals surface area contributed by atoms with E-state index in [9.17, 15) is 8.78 Å². The predicted molar refractivity (Wildman–Crippen MR) is 60.8 cm³/mol. The summed E-state index contributed by atoms with van der Waals surface area (Å²) in [6, 6.07) is 6.17. The lowest BCUT2D eigenvalue weighted by molar-refractivity contribution is 0.0115. The van der Waals surface area contributed by atoms with Gasteiger partial charge in [0.1, 0.15) is 0 Å². The summed E-state index contributed by atoms with van der Waals surface area (Å²) < 4.78 is 26.0. The lowest BCUT2D eigenvalue weighted by atomic mass is 10.1. The number of hydrogen-bond donors (Lipinski definition) is 0. The van der Waals surface area contributed by atoms with Gasteiger partial charge < -0.3 is 0 Å². The quantitative estimate of drug-likeness (QED) is 0.747. The molecule has 1 aliphatic rings. The van der Waals surface area contributed by atoms with Crippen molar-refractivity contribution in [3.8, 4) is 0 Å². The molecule has 1 nitrogen and oxygen atoms in total. The first-order chi connectivity index (χ1) is 7.46. The number of likely N-dealkylation sites (tertiary alicyclic amines) is 1. The summed E-state index contributed by atoms with van der Waals surface area (Å²) in [7, 11) is 0. The lowest BCUT2D eigenvalue weighted by Gasteiger charge is -2.16. The van der Waals surface area contributed by atoms with E-state index >= 15 is 0 Å². The van der Waals surface area contributed by atoms with Crippen LogP contribution in [0.3, 0.4) is 0 Å². The molecule has 16 heavy (non-hydrogen) atoms. The van der Waals surface area contributed by atoms with Crippen LogP contribution in [-0.4, -0.2) is 23.9 Å². The Labute approximate surface area is 95.1 Å². The Morgan fingerprint density at radius 1 is 1.25 bits per heavy atom. The first kappa shape index (κ1) is 11.5. The number of nitrogens with zero attached hydrogens (tertiary/aromatic N) is 1. The molecule has 0 bridgehead atoms. The molecular weight excluding hydrogens is 208 g/mol. The fraction of sp³-hybridized carbons (Fsp3) is 0.538. The molecule has 1 aromatic carbocycles. The minimum atomic E-state index is -2.49. The zero-order valence-electron chi connectivity index (χ0n) is 9.76. The van der Waals surface area contributed by atoms with Crippen LogP contribution in [-0.2, 0) is 6.54 Å². The Morgan fingerprint density at radius 2 is 2.00 bits per heavy atom. The molecule has 0 aliphatic carbocycles. The zero-order valence-corrected chi connectivity index (χ0v) is 9.76. The number of alkyl halides is 2. The summed E-state index contributed by atoms with van der Waals surface area (Å²) in [5, 5.41) is 0. The molecule has 0 spiro atoms. The highest BCUT2D eigenvalue weighted by Gasteiger charge is 2.37. The Hall–Kier alpha value is -0.960. The van der Waals surface area contributed by atoms with E-state index in [1.54, 1.807) is 0 Å². The smallest absolute Gasteiger partial charge is 0.261 e. The fourth-order valence-electron chi connectivity index (χ4n) is 2.10. The number of benzene rings is 1. The first-order valence-electron chi connectivity index (χ1n) is 5.63. The van der Waals surface area contributed by atoms with Crippen LogP contribution in [0.2, 0.25) is 0 Å². The van der Waals surface area contributed by atoms with E-state index in [0.717, 1.165) is 5.56 Å². The van der Waals surface area contributed by atoms with E-state index in [0.29, 0.717) is 13.1 Å². The van der Waals surface area contributed by atoms with Crippen LogP contribution < -0.4 is 0 Å². The molecule has 0 radical (unpaired) electrons. The normalized spacial score (nSPS) is 20.2. The maximum absolute atomic E-state index is 13.0. The summed E-state index contributed by atoms with van der Waals surface area (Å²) >= 11 is 0. The molecule has 88 valence electrons. The highest BCUT2D eigenvalue weighted by molar-refractivity contribution is 5.29. The number of halogens is 2. The van der Waals surface area contributed by atoms with Crippen LogP contribution in [0.25, 0.3) is 0 Å². The van der Waals surface area contributed by atoms with Gasteiger partial charge in [-0.1, -0.05) is 18.2 Å². The summed E-state index contributed by atoms with van der Waals surface area (Å²) in [5.41, 5.74) is 3.60. The van der Waals surface area contributed by atoms with Gasteiger partial charge in [-0.25, -0.2) is 8.78 Å². The highest BCUT2D eigenvalue weighted by Crippen LogP contribution is 2.28. The maximum Gasteiger partial charge on any atom is 0.261 e. The van der Waals surface area contributed by atoms with E-state index in [-0.39, 0.29) is 13.0 Å². The average molecular weight is 225 g/mol. The van der Waals surface area contributed by atoms with Crippen molar-refractivity contribution in [3.05, 3.63) is 34.9 Å². The predicted octanol–water partition coefficient (Wildman–Crippen LogP) is 3.14. The van der Waals surface area contributed by atoms with Crippen LogP contribution in [0.4, 0.5) is 8.78 Å². The molecule has 0 atom stereocenters. The molecule has 1 heterocycles. The van der Waals surface area contributed by atoms with E-state index in [2.05, 4.69) is 26.0 Å². The monoisotopic (exact) mass is 225 g/mol. The van der Waals surface area contributed by atoms with Crippen LogP contribution in [0.1, 0.15) is 23.1 Å². The van der Waals surface area contributed by atoms with Crippen molar-refractivity contribution in [3.63, 3.8) is 0 Å². The minimum absolute atomic E-state index is 0.00214. The van der Waals surface area contributed by atoms with Crippen molar-refractivity contribution in [1.29, 1.82) is 0 Å². The molecular formula is C13H17F2N. The number of aryl methyl sites for hydroxylation is 2. The molecule has 0 aromatic heterocycles. The van der Waals surface area contributed by atoms with Crippen LogP contribution in [0.15, 0.2) is 18.2 Å². The number of rotatable bonds is 2. The standard InChI is InChI=1S/C13H17F2N/c1-10-3-4-12(7-11(10)2)8-16-6-5-13(14,15)9-16/h3-4,7H,5-6,8-9H2,1-2H3. The van der Waals surface area contributed by atoms with Crippen molar-refractivity contribution in [2.45, 2.75) is 32.7 Å². The van der Waals surface area contributed by atoms with Crippen LogP contribution in [0.5, 0.6) is 0 Å². The van der Waals surface area contributed by atoms with Crippen molar-refractivity contribution in [1.82, 2.24) is 4.90 Å². The second kappa shape index (κ2) is 4.13. The maximum atomic E-state index is 13.0. The molecule has 0 amide bonds. The van der Waals surface area contributed by atoms with Gasteiger partial charge in [0.2, 0.25) is 0 Å². The SMILES string of the molecule is Cc1ccc(CN2CCC(F)(F)C2)cc1C. The number of hydrogen-bond acceptors (Lipinski definition) is 1. The molecule has 1 aliphatic heterocycles. The fourth-order valence-corrected chi connectivity index (χ4v) is 2.10. The third kappa shape index (κ3) is 2.59. The second-order valence-electron chi connectivity index (χ2n) is 4.74. The summed E-state index contributed by atoms with van der Waals surface area (Å²) in [4.78, 5) is 1.82. The largest absolute Gasteiger partial charge is 0.293 e. The Morgan fingerprint density at radius 3 is 2.56 bits per heavy atom. The third-order valence-corrected chi connectivity index (χ3v) is 3.23. The van der Waals surface area contributed by atoms with Crippen LogP contribution in [0, 0.1) is 13.8 Å². The van der Waals surface area contributed by atoms with Gasteiger partial charge in [-0.2, -0.15) is 0 Å². The third-order valence-electron chi connectivity index (χ3n) is 3.23. The average Bonchev–Trinajstić information content (AvgIpc) is 2.52. The molecule has 1 saturated heterocycles. The van der Waals surface area contributed by atoms with Gasteiger partial charge in [-0.05, 0) is 30.5 Å². The van der Waals surface area contributed by atoms with E-state index in [1.807, 2.05) is 11.0 Å². The van der Waals surface area contributed by atoms with Gasteiger partial charge in [0, 0.05) is 19.5 Å². The van der Waals surface area contributed by atoms with Gasteiger partial charge in [-0.15, -0.1) is 0 Å². The topological polar surface area (TPSA) is 3.24 Å². The van der Waals surface area contributed by atoms with E-state index in [4.69, 9.17) is 0 Å². The van der Waals surface area contributed by atoms with Gasteiger partial charge in [-0.3, -0.25) is 4.90 Å². The molecule has 0 N–H and O–H groups in total. The highest BCUT2D eigenvalue weighted by atomic mass is 19.3. The molecule has 0 saturated carbocycles. The molecule has 1 aromatic rings.